The van der Waals surface area contributed by atoms with Crippen molar-refractivity contribution in [3.8, 4) is 79.0 Å². The molecular weight excluding hydrogens is 687 g/mol. The van der Waals surface area contributed by atoms with Crippen LogP contribution < -0.4 is 4.74 Å². The second kappa shape index (κ2) is 12.8. The van der Waals surface area contributed by atoms with Gasteiger partial charge in [-0.25, -0.2) is 15.0 Å². The third-order valence-corrected chi connectivity index (χ3v) is 11.0. The maximum absolute atomic E-state index is 6.48. The highest BCUT2D eigenvalue weighted by Crippen LogP contribution is 2.62. The van der Waals surface area contributed by atoms with E-state index in [1.165, 1.54) is 22.3 Å². The molecule has 0 bridgehead atoms. The van der Waals surface area contributed by atoms with Gasteiger partial charge in [-0.1, -0.05) is 133 Å². The molecule has 0 fully saturated rings. The first kappa shape index (κ1) is 31.9. The highest BCUT2D eigenvalue weighted by molar-refractivity contribution is 5.90. The minimum Gasteiger partial charge on any atom is -0.456 e. The molecule has 262 valence electrons. The zero-order valence-corrected chi connectivity index (χ0v) is 30.0. The van der Waals surface area contributed by atoms with Crippen LogP contribution >= 0.6 is 0 Å². The molecule has 1 aliphatic carbocycles. The highest BCUT2D eigenvalue weighted by Gasteiger charge is 2.51. The van der Waals surface area contributed by atoms with Crippen molar-refractivity contribution >= 4 is 0 Å². The summed E-state index contributed by atoms with van der Waals surface area (Å²) in [7, 11) is 0. The molecule has 1 spiro atoms. The maximum atomic E-state index is 6.48. The van der Waals surface area contributed by atoms with Crippen LogP contribution in [0.4, 0.5) is 0 Å². The van der Waals surface area contributed by atoms with Crippen LogP contribution in [0.2, 0.25) is 0 Å². The lowest BCUT2D eigenvalue weighted by Crippen LogP contribution is -2.32. The molecule has 9 aromatic rings. The van der Waals surface area contributed by atoms with E-state index in [0.29, 0.717) is 17.5 Å². The average molecular weight is 718 g/mol. The third kappa shape index (κ3) is 5.00. The number of hydrogen-bond donors (Lipinski definition) is 0. The molecule has 56 heavy (non-hydrogen) atoms. The molecular formula is C50H31N5O. The zero-order valence-electron chi connectivity index (χ0n) is 30.0. The Bertz CT molecular complexity index is 2860. The van der Waals surface area contributed by atoms with Crippen LogP contribution in [0.15, 0.2) is 189 Å². The van der Waals surface area contributed by atoms with Crippen LogP contribution in [0.3, 0.4) is 0 Å². The summed E-state index contributed by atoms with van der Waals surface area (Å²) < 4.78 is 6.48. The van der Waals surface area contributed by atoms with Gasteiger partial charge in [-0.3, -0.25) is 9.97 Å². The fourth-order valence-corrected chi connectivity index (χ4v) is 8.46. The minimum atomic E-state index is -0.638. The van der Waals surface area contributed by atoms with Gasteiger partial charge in [-0.05, 0) is 74.8 Å². The average Bonchev–Trinajstić information content (AvgIpc) is 3.57. The van der Waals surface area contributed by atoms with Crippen LogP contribution in [0.5, 0.6) is 11.5 Å². The molecule has 11 rings (SSSR count). The van der Waals surface area contributed by atoms with Crippen LogP contribution in [-0.4, -0.2) is 24.9 Å². The third-order valence-electron chi connectivity index (χ3n) is 11.0. The fraction of sp³-hybridized carbons (Fsp3) is 0.0200. The molecule has 0 saturated heterocycles. The predicted octanol–water partition coefficient (Wildman–Crippen LogP) is 11.5. The van der Waals surface area contributed by atoms with E-state index in [1.54, 1.807) is 12.4 Å². The van der Waals surface area contributed by atoms with Crippen molar-refractivity contribution in [3.63, 3.8) is 0 Å². The van der Waals surface area contributed by atoms with Crippen LogP contribution in [-0.2, 0) is 5.41 Å². The second-order valence-corrected chi connectivity index (χ2v) is 14.1. The van der Waals surface area contributed by atoms with Crippen LogP contribution in [0, 0.1) is 0 Å². The highest BCUT2D eigenvalue weighted by atomic mass is 16.5. The van der Waals surface area contributed by atoms with Crippen molar-refractivity contribution < 1.29 is 4.74 Å². The molecule has 6 nitrogen and oxygen atoms in total. The summed E-state index contributed by atoms with van der Waals surface area (Å²) in [5, 5.41) is 0. The summed E-state index contributed by atoms with van der Waals surface area (Å²) in [6.07, 6.45) is 7.50. The first-order chi connectivity index (χ1) is 27.7. The summed E-state index contributed by atoms with van der Waals surface area (Å²) in [5.74, 6) is 3.51. The molecule has 3 aromatic heterocycles. The first-order valence-electron chi connectivity index (χ1n) is 18.6. The summed E-state index contributed by atoms with van der Waals surface area (Å²) >= 11 is 0. The number of hydrogen-bond acceptors (Lipinski definition) is 6. The Morgan fingerprint density at radius 1 is 0.339 bits per heavy atom. The van der Waals surface area contributed by atoms with E-state index in [1.807, 2.05) is 85.2 Å². The number of benzene rings is 6. The molecule has 6 heteroatoms. The van der Waals surface area contributed by atoms with Gasteiger partial charge in [0.15, 0.2) is 17.5 Å². The molecule has 0 unspecified atom stereocenters. The van der Waals surface area contributed by atoms with E-state index in [-0.39, 0.29) is 0 Å². The Morgan fingerprint density at radius 3 is 1.41 bits per heavy atom. The zero-order chi connectivity index (χ0) is 37.1. The lowest BCUT2D eigenvalue weighted by atomic mass is 9.67. The maximum Gasteiger partial charge on any atom is 0.164 e. The van der Waals surface area contributed by atoms with Crippen molar-refractivity contribution in [1.29, 1.82) is 0 Å². The Labute approximate surface area is 323 Å². The smallest absolute Gasteiger partial charge is 0.164 e. The summed E-state index contributed by atoms with van der Waals surface area (Å²) in [6.45, 7) is 0. The van der Waals surface area contributed by atoms with E-state index >= 15 is 0 Å². The van der Waals surface area contributed by atoms with Gasteiger partial charge in [0.2, 0.25) is 0 Å². The van der Waals surface area contributed by atoms with E-state index in [4.69, 9.17) is 19.7 Å². The monoisotopic (exact) mass is 717 g/mol. The lowest BCUT2D eigenvalue weighted by Gasteiger charge is -2.38. The Kier molecular flexibility index (Phi) is 7.29. The number of pyridine rings is 2. The van der Waals surface area contributed by atoms with Crippen LogP contribution in [0.25, 0.3) is 67.5 Å². The van der Waals surface area contributed by atoms with Crippen LogP contribution in [0.1, 0.15) is 22.3 Å². The Morgan fingerprint density at radius 2 is 0.804 bits per heavy atom. The van der Waals surface area contributed by atoms with E-state index in [2.05, 4.69) is 101 Å². The van der Waals surface area contributed by atoms with Gasteiger partial charge >= 0.3 is 0 Å². The largest absolute Gasteiger partial charge is 0.456 e. The topological polar surface area (TPSA) is 73.7 Å². The van der Waals surface area contributed by atoms with Gasteiger partial charge in [-0.2, -0.15) is 0 Å². The fourth-order valence-electron chi connectivity index (χ4n) is 8.46. The number of nitrogens with zero attached hydrogens (tertiary/aromatic N) is 5. The Balaban J connectivity index is 1.03. The normalized spacial score (nSPS) is 12.9. The summed E-state index contributed by atoms with van der Waals surface area (Å²) in [6, 6.07) is 56.8. The Hall–Kier alpha value is -7.57. The van der Waals surface area contributed by atoms with Crippen molar-refractivity contribution in [3.05, 3.63) is 211 Å². The second-order valence-electron chi connectivity index (χ2n) is 14.1. The molecule has 0 atom stereocenters. The minimum absolute atomic E-state index is 0.625. The van der Waals surface area contributed by atoms with Gasteiger partial charge in [0.1, 0.15) is 11.5 Å². The SMILES string of the molecule is c1ccc(-c2nc(-c3ccccc3)nc(-c3cccc(-c4cccc(-c5ccc6c(c5)C5(c7cnccc7Oc7ccncc75)c5ccccc5-6)c4)c3)n2)cc1. The summed E-state index contributed by atoms with van der Waals surface area (Å²) in [5.41, 5.74) is 13.4. The molecule has 1 aliphatic heterocycles. The van der Waals surface area contributed by atoms with Gasteiger partial charge in [0.05, 0.1) is 5.41 Å². The van der Waals surface area contributed by atoms with Gasteiger partial charge in [0, 0.05) is 52.6 Å². The number of fused-ring (bicyclic) bond motifs is 9. The standard InChI is InChI=1S/C50H31N5O/c1-3-11-32(12-4-1)47-53-48(33-13-5-2-6-14-33)55-49(54-47)38-18-10-17-36(28-38)34-15-9-16-35(27-34)37-21-22-40-39-19-7-8-20-41(39)50(42(40)29-37)43-30-51-25-23-45(43)56-46-24-26-52-31-44(46)50/h1-31H. The lowest BCUT2D eigenvalue weighted by molar-refractivity contribution is 0.433. The van der Waals surface area contributed by atoms with Gasteiger partial charge in [0.25, 0.3) is 0 Å². The molecule has 0 saturated carbocycles. The number of aromatic nitrogens is 5. The van der Waals surface area contributed by atoms with Crippen molar-refractivity contribution in [2.45, 2.75) is 5.41 Å². The molecule has 0 amide bonds. The summed E-state index contributed by atoms with van der Waals surface area (Å²) in [4.78, 5) is 24.1. The first-order valence-corrected chi connectivity index (χ1v) is 18.6. The van der Waals surface area contributed by atoms with Crippen molar-refractivity contribution in [2.24, 2.45) is 0 Å². The number of ether oxygens (including phenoxy) is 1. The molecule has 0 N–H and O–H groups in total. The number of rotatable bonds is 5. The van der Waals surface area contributed by atoms with Crippen molar-refractivity contribution in [2.75, 3.05) is 0 Å². The molecule has 0 radical (unpaired) electrons. The van der Waals surface area contributed by atoms with E-state index < -0.39 is 5.41 Å². The van der Waals surface area contributed by atoms with E-state index in [0.717, 1.165) is 61.6 Å². The van der Waals surface area contributed by atoms with Gasteiger partial charge < -0.3 is 4.74 Å². The predicted molar refractivity (Wildman–Crippen MR) is 220 cm³/mol. The van der Waals surface area contributed by atoms with E-state index in [9.17, 15) is 0 Å². The molecule has 6 aromatic carbocycles. The molecule has 4 heterocycles. The van der Waals surface area contributed by atoms with Gasteiger partial charge in [-0.15, -0.1) is 0 Å². The molecule has 2 aliphatic rings. The van der Waals surface area contributed by atoms with Crippen molar-refractivity contribution in [1.82, 2.24) is 24.9 Å². The quantitative estimate of drug-likeness (QED) is 0.176.